The van der Waals surface area contributed by atoms with Crippen LogP contribution in [0.5, 0.6) is 11.5 Å². The maximum absolute atomic E-state index is 12.6. The van der Waals surface area contributed by atoms with Crippen LogP contribution in [0.4, 0.5) is 0 Å². The number of hydrogen-bond donors (Lipinski definition) is 0. The van der Waals surface area contributed by atoms with Crippen molar-refractivity contribution < 1.29 is 19.1 Å². The Kier molecular flexibility index (Phi) is 5.25. The van der Waals surface area contributed by atoms with Gasteiger partial charge >= 0.3 is 0 Å². The minimum atomic E-state index is -0.161. The number of benzene rings is 3. The number of ketones is 2. The lowest BCUT2D eigenvalue weighted by molar-refractivity contribution is 0.0921. The van der Waals surface area contributed by atoms with Gasteiger partial charge in [-0.1, -0.05) is 61.5 Å². The van der Waals surface area contributed by atoms with E-state index < -0.39 is 0 Å². The summed E-state index contributed by atoms with van der Waals surface area (Å²) in [5.41, 5.74) is 3.23. The first-order chi connectivity index (χ1) is 14.1. The summed E-state index contributed by atoms with van der Waals surface area (Å²) in [4.78, 5) is 24.8. The van der Waals surface area contributed by atoms with Crippen LogP contribution in [0, 0.1) is 0 Å². The lowest BCUT2D eigenvalue weighted by Gasteiger charge is -2.06. The van der Waals surface area contributed by atoms with E-state index in [9.17, 15) is 9.59 Å². The smallest absolute Gasteiger partial charge is 0.231 e. The van der Waals surface area contributed by atoms with Gasteiger partial charge in [0.1, 0.15) is 11.5 Å². The Labute approximate surface area is 169 Å². The third-order valence-electron chi connectivity index (χ3n) is 4.79. The summed E-state index contributed by atoms with van der Waals surface area (Å²) < 4.78 is 11.4. The number of carbonyl (C=O) groups excluding carboxylic acids is 2. The van der Waals surface area contributed by atoms with Crippen molar-refractivity contribution in [2.45, 2.75) is 13.3 Å². The van der Waals surface area contributed by atoms with E-state index in [0.29, 0.717) is 22.6 Å². The molecule has 0 spiro atoms. The molecule has 0 bridgehead atoms. The molecule has 0 radical (unpaired) electrons. The zero-order chi connectivity index (χ0) is 20.2. The van der Waals surface area contributed by atoms with Gasteiger partial charge in [-0.2, -0.15) is 0 Å². The molecule has 0 aromatic heterocycles. The average Bonchev–Trinajstić information content (AvgIpc) is 3.07. The molecular weight excluding hydrogens is 364 g/mol. The fourth-order valence-corrected chi connectivity index (χ4v) is 3.11. The summed E-state index contributed by atoms with van der Waals surface area (Å²) >= 11 is 0. The molecule has 0 N–H and O–H groups in total. The normalized spacial score (nSPS) is 13.8. The van der Waals surface area contributed by atoms with Gasteiger partial charge in [-0.3, -0.25) is 9.59 Å². The fraction of sp³-hybridized carbons (Fsp3) is 0.120. The molecule has 1 heterocycles. The first-order valence-electron chi connectivity index (χ1n) is 9.52. The molecular formula is C25H20O4. The van der Waals surface area contributed by atoms with E-state index in [1.54, 1.807) is 36.4 Å². The zero-order valence-electron chi connectivity index (χ0n) is 16.1. The van der Waals surface area contributed by atoms with Crippen molar-refractivity contribution in [3.8, 4) is 11.5 Å². The van der Waals surface area contributed by atoms with Gasteiger partial charge in [0, 0.05) is 11.6 Å². The Bertz CT molecular complexity index is 1080. The molecule has 144 valence electrons. The molecule has 0 saturated heterocycles. The minimum absolute atomic E-state index is 0.0801. The van der Waals surface area contributed by atoms with E-state index in [-0.39, 0.29) is 23.9 Å². The van der Waals surface area contributed by atoms with Crippen LogP contribution in [0.1, 0.15) is 38.8 Å². The Balaban J connectivity index is 1.46. The molecule has 0 atom stereocenters. The van der Waals surface area contributed by atoms with Crippen LogP contribution in [-0.2, 0) is 6.42 Å². The molecule has 29 heavy (non-hydrogen) atoms. The predicted molar refractivity (Wildman–Crippen MR) is 111 cm³/mol. The number of aryl methyl sites for hydroxylation is 1. The van der Waals surface area contributed by atoms with Gasteiger partial charge < -0.3 is 9.47 Å². The standard InChI is InChI=1S/C25H20O4/c1-2-17-8-10-18(11-9-17)14-24-25(27)21-13-12-20(15-23(21)29-24)28-16-22(26)19-6-4-3-5-7-19/h3-15H,2,16H2,1H3. The van der Waals surface area contributed by atoms with Crippen molar-refractivity contribution in [2.24, 2.45) is 0 Å². The van der Waals surface area contributed by atoms with E-state index >= 15 is 0 Å². The highest BCUT2D eigenvalue weighted by Crippen LogP contribution is 2.35. The van der Waals surface area contributed by atoms with Gasteiger partial charge in [-0.05, 0) is 35.8 Å². The molecule has 4 rings (SSSR count). The number of hydrogen-bond acceptors (Lipinski definition) is 4. The lowest BCUT2D eigenvalue weighted by Crippen LogP contribution is -2.11. The van der Waals surface area contributed by atoms with E-state index in [4.69, 9.17) is 9.47 Å². The van der Waals surface area contributed by atoms with Crippen molar-refractivity contribution in [2.75, 3.05) is 6.61 Å². The molecule has 4 heteroatoms. The van der Waals surface area contributed by atoms with Gasteiger partial charge in [0.05, 0.1) is 5.56 Å². The molecule has 0 unspecified atom stereocenters. The highest BCUT2D eigenvalue weighted by molar-refractivity contribution is 6.14. The number of rotatable bonds is 6. The van der Waals surface area contributed by atoms with Crippen LogP contribution in [0.2, 0.25) is 0 Å². The van der Waals surface area contributed by atoms with Gasteiger partial charge in [0.2, 0.25) is 5.78 Å². The first kappa shape index (κ1) is 18.7. The summed E-state index contributed by atoms with van der Waals surface area (Å²) in [7, 11) is 0. The quantitative estimate of drug-likeness (QED) is 0.437. The Hall–Kier alpha value is -3.66. The molecule has 4 nitrogen and oxygen atoms in total. The van der Waals surface area contributed by atoms with E-state index in [1.807, 2.05) is 42.5 Å². The zero-order valence-corrected chi connectivity index (χ0v) is 16.1. The second-order valence-corrected chi connectivity index (χ2v) is 6.77. The van der Waals surface area contributed by atoms with Crippen molar-refractivity contribution >= 4 is 17.6 Å². The first-order valence-corrected chi connectivity index (χ1v) is 9.52. The largest absolute Gasteiger partial charge is 0.485 e. The summed E-state index contributed by atoms with van der Waals surface area (Å²) in [6.07, 6.45) is 2.70. The van der Waals surface area contributed by atoms with Crippen LogP contribution in [0.15, 0.2) is 78.6 Å². The van der Waals surface area contributed by atoms with Crippen molar-refractivity contribution in [1.82, 2.24) is 0 Å². The van der Waals surface area contributed by atoms with Crippen LogP contribution in [0.25, 0.3) is 6.08 Å². The van der Waals surface area contributed by atoms with E-state index in [0.717, 1.165) is 12.0 Å². The van der Waals surface area contributed by atoms with Crippen LogP contribution >= 0.6 is 0 Å². The maximum atomic E-state index is 12.6. The number of allylic oxidation sites excluding steroid dienone is 1. The van der Waals surface area contributed by atoms with Crippen LogP contribution in [-0.4, -0.2) is 18.2 Å². The van der Waals surface area contributed by atoms with Crippen molar-refractivity contribution in [1.29, 1.82) is 0 Å². The number of Topliss-reactive ketones (excluding diaryl/α,β-unsaturated/α-hetero) is 2. The number of ether oxygens (including phenoxy) is 2. The van der Waals surface area contributed by atoms with Gasteiger partial charge in [0.15, 0.2) is 18.1 Å². The SMILES string of the molecule is CCc1ccc(C=C2Oc3cc(OCC(=O)c4ccccc4)ccc3C2=O)cc1. The molecule has 0 aliphatic carbocycles. The summed E-state index contributed by atoms with van der Waals surface area (Å²) in [5, 5.41) is 0. The van der Waals surface area contributed by atoms with Crippen molar-refractivity contribution in [3.05, 3.63) is 101 Å². The monoisotopic (exact) mass is 384 g/mol. The Morgan fingerprint density at radius 3 is 2.48 bits per heavy atom. The molecule has 0 saturated carbocycles. The lowest BCUT2D eigenvalue weighted by atomic mass is 10.1. The fourth-order valence-electron chi connectivity index (χ4n) is 3.11. The molecule has 3 aromatic carbocycles. The minimum Gasteiger partial charge on any atom is -0.485 e. The summed E-state index contributed by atoms with van der Waals surface area (Å²) in [5.74, 6) is 0.929. The molecule has 0 amide bonds. The number of fused-ring (bicyclic) bond motifs is 1. The van der Waals surface area contributed by atoms with Gasteiger partial charge in [-0.25, -0.2) is 0 Å². The van der Waals surface area contributed by atoms with Gasteiger partial charge in [0.25, 0.3) is 0 Å². The van der Waals surface area contributed by atoms with E-state index in [1.165, 1.54) is 5.56 Å². The Morgan fingerprint density at radius 1 is 1.00 bits per heavy atom. The summed E-state index contributed by atoms with van der Waals surface area (Å²) in [6.45, 7) is 2.02. The predicted octanol–water partition coefficient (Wildman–Crippen LogP) is 5.13. The second kappa shape index (κ2) is 8.15. The molecule has 0 fully saturated rings. The number of carbonyl (C=O) groups is 2. The second-order valence-electron chi connectivity index (χ2n) is 6.77. The molecule has 1 aliphatic rings. The van der Waals surface area contributed by atoms with Crippen LogP contribution < -0.4 is 9.47 Å². The third-order valence-corrected chi connectivity index (χ3v) is 4.79. The topological polar surface area (TPSA) is 52.6 Å². The third kappa shape index (κ3) is 4.11. The van der Waals surface area contributed by atoms with Crippen LogP contribution in [0.3, 0.4) is 0 Å². The molecule has 3 aromatic rings. The highest BCUT2D eigenvalue weighted by atomic mass is 16.5. The molecule has 1 aliphatic heterocycles. The highest BCUT2D eigenvalue weighted by Gasteiger charge is 2.27. The Morgan fingerprint density at radius 2 is 1.76 bits per heavy atom. The average molecular weight is 384 g/mol. The maximum Gasteiger partial charge on any atom is 0.231 e. The van der Waals surface area contributed by atoms with Crippen molar-refractivity contribution in [3.63, 3.8) is 0 Å². The van der Waals surface area contributed by atoms with E-state index in [2.05, 4.69) is 6.92 Å². The summed E-state index contributed by atoms with van der Waals surface area (Å²) in [6, 6.07) is 22.0. The van der Waals surface area contributed by atoms with Gasteiger partial charge in [-0.15, -0.1) is 0 Å².